The predicted octanol–water partition coefficient (Wildman–Crippen LogP) is -2.39. The number of aliphatic hydroxyl groups is 1. The first-order chi connectivity index (χ1) is 11.2. The SMILES string of the molecule is B[C@H]1CN(C)CC(COP(=O)(N(C)C)N2CC(CO)O[C@@H](B)C2)O1. The second-order valence-electron chi connectivity index (χ2n) is 7.05. The van der Waals surface area contributed by atoms with E-state index in [-0.39, 0.29) is 37.4 Å². The number of ether oxygens (including phenoxy) is 2. The zero-order chi connectivity index (χ0) is 17.9. The molecule has 11 heteroatoms. The van der Waals surface area contributed by atoms with Crippen LogP contribution in [0.4, 0.5) is 0 Å². The van der Waals surface area contributed by atoms with Gasteiger partial charge in [-0.05, 0) is 21.1 Å². The third-order valence-electron chi connectivity index (χ3n) is 4.31. The van der Waals surface area contributed by atoms with Crippen molar-refractivity contribution in [3.8, 4) is 0 Å². The molecule has 2 rings (SSSR count). The van der Waals surface area contributed by atoms with Gasteiger partial charge >= 0.3 is 7.67 Å². The van der Waals surface area contributed by atoms with Crippen molar-refractivity contribution < 1.29 is 23.7 Å². The zero-order valence-corrected chi connectivity index (χ0v) is 16.3. The van der Waals surface area contributed by atoms with Crippen LogP contribution in [0.1, 0.15) is 0 Å². The molecule has 24 heavy (non-hydrogen) atoms. The molecule has 2 aliphatic rings. The number of morpholine rings is 2. The highest BCUT2D eigenvalue weighted by atomic mass is 31.2. The molecule has 0 amide bonds. The Kier molecular flexibility index (Phi) is 7.34. The van der Waals surface area contributed by atoms with E-state index < -0.39 is 7.67 Å². The molecule has 138 valence electrons. The van der Waals surface area contributed by atoms with Gasteiger partial charge in [-0.3, -0.25) is 4.57 Å². The fourth-order valence-electron chi connectivity index (χ4n) is 3.33. The molecule has 8 nitrogen and oxygen atoms in total. The van der Waals surface area contributed by atoms with Crippen molar-refractivity contribution in [2.45, 2.75) is 24.2 Å². The second-order valence-corrected chi connectivity index (χ2v) is 9.65. The van der Waals surface area contributed by atoms with Gasteiger partial charge in [-0.1, -0.05) is 0 Å². The quantitative estimate of drug-likeness (QED) is 0.415. The Morgan fingerprint density at radius 2 is 1.79 bits per heavy atom. The van der Waals surface area contributed by atoms with Crippen molar-refractivity contribution in [1.29, 1.82) is 0 Å². The van der Waals surface area contributed by atoms with Gasteiger partial charge in [0, 0.05) is 38.2 Å². The fraction of sp³-hybridized carbons (Fsp3) is 1.00. The van der Waals surface area contributed by atoms with Crippen molar-refractivity contribution in [2.24, 2.45) is 0 Å². The van der Waals surface area contributed by atoms with Crippen LogP contribution in [-0.2, 0) is 18.6 Å². The van der Waals surface area contributed by atoms with Crippen LogP contribution >= 0.6 is 7.67 Å². The highest BCUT2D eigenvalue weighted by Gasteiger charge is 2.41. The Bertz CT molecular complexity index is 451. The van der Waals surface area contributed by atoms with Gasteiger partial charge in [-0.25, -0.2) is 9.34 Å². The summed E-state index contributed by atoms with van der Waals surface area (Å²) in [5.41, 5.74) is 0. The third-order valence-corrected chi connectivity index (χ3v) is 6.85. The summed E-state index contributed by atoms with van der Waals surface area (Å²) >= 11 is 0. The van der Waals surface area contributed by atoms with Crippen LogP contribution in [0.2, 0.25) is 0 Å². The van der Waals surface area contributed by atoms with Crippen molar-refractivity contribution in [3.05, 3.63) is 0 Å². The van der Waals surface area contributed by atoms with Crippen molar-refractivity contribution in [3.63, 3.8) is 0 Å². The van der Waals surface area contributed by atoms with E-state index in [2.05, 4.69) is 4.90 Å². The Labute approximate surface area is 146 Å². The van der Waals surface area contributed by atoms with Gasteiger partial charge in [0.05, 0.1) is 25.4 Å². The molecular formula is C13H30B2N3O5P. The van der Waals surface area contributed by atoms with Crippen LogP contribution in [0.15, 0.2) is 0 Å². The predicted molar refractivity (Wildman–Crippen MR) is 97.8 cm³/mol. The average molecular weight is 361 g/mol. The van der Waals surface area contributed by atoms with Crippen LogP contribution in [0, 0.1) is 0 Å². The maximum absolute atomic E-state index is 13.5. The van der Waals surface area contributed by atoms with E-state index in [9.17, 15) is 9.67 Å². The first-order valence-electron chi connectivity index (χ1n) is 8.52. The molecular weight excluding hydrogens is 331 g/mol. The van der Waals surface area contributed by atoms with E-state index >= 15 is 0 Å². The summed E-state index contributed by atoms with van der Waals surface area (Å²) in [4.78, 5) is 2.20. The standard InChI is InChI=1S/C13H30B2N3O5P/c1-16(2)24(20,18-5-10(8-19)22-13(15)7-18)21-9-11-4-17(3)6-12(14)23-11/h10-13,19H,4-9,14-15H2,1-3H3/t10?,11?,12-,13-,24?/m1/s1. The van der Waals surface area contributed by atoms with E-state index in [4.69, 9.17) is 14.0 Å². The summed E-state index contributed by atoms with van der Waals surface area (Å²) in [6, 6.07) is 0.0307. The summed E-state index contributed by atoms with van der Waals surface area (Å²) in [6.07, 6.45) is -0.443. The molecule has 0 aliphatic carbocycles. The van der Waals surface area contributed by atoms with Gasteiger partial charge in [-0.2, -0.15) is 0 Å². The fourth-order valence-corrected chi connectivity index (χ4v) is 5.41. The topological polar surface area (TPSA) is 74.7 Å². The minimum atomic E-state index is -3.18. The number of rotatable bonds is 6. The number of likely N-dealkylation sites (N-methyl/N-ethyl adjacent to an activating group) is 1. The lowest BCUT2D eigenvalue weighted by Crippen LogP contribution is -2.50. The lowest BCUT2D eigenvalue weighted by atomic mass is 9.98. The third kappa shape index (κ3) is 5.05. The molecule has 0 radical (unpaired) electrons. The first kappa shape index (κ1) is 20.4. The van der Waals surface area contributed by atoms with Crippen molar-refractivity contribution in [1.82, 2.24) is 14.2 Å². The second kappa shape index (κ2) is 8.64. The monoisotopic (exact) mass is 361 g/mol. The average Bonchev–Trinajstić information content (AvgIpc) is 2.50. The van der Waals surface area contributed by atoms with Crippen molar-refractivity contribution in [2.75, 3.05) is 60.5 Å². The molecule has 0 aromatic carbocycles. The highest BCUT2D eigenvalue weighted by Crippen LogP contribution is 2.53. The van der Waals surface area contributed by atoms with Gasteiger partial charge in [0.1, 0.15) is 15.7 Å². The molecule has 2 fully saturated rings. The van der Waals surface area contributed by atoms with Gasteiger partial charge in [0.25, 0.3) is 0 Å². The lowest BCUT2D eigenvalue weighted by Gasteiger charge is -2.42. The Morgan fingerprint density at radius 3 is 2.38 bits per heavy atom. The maximum Gasteiger partial charge on any atom is 0.345 e. The van der Waals surface area contributed by atoms with Gasteiger partial charge in [0.15, 0.2) is 0 Å². The van der Waals surface area contributed by atoms with Crippen LogP contribution < -0.4 is 0 Å². The molecule has 3 unspecified atom stereocenters. The minimum Gasteiger partial charge on any atom is -0.394 e. The Hall–Kier alpha value is 0.0799. The minimum absolute atomic E-state index is 0.0949. The highest BCUT2D eigenvalue weighted by molar-refractivity contribution is 7.53. The largest absolute Gasteiger partial charge is 0.394 e. The lowest BCUT2D eigenvalue weighted by molar-refractivity contribution is -0.0694. The molecule has 0 bridgehead atoms. The molecule has 2 heterocycles. The summed E-state index contributed by atoms with van der Waals surface area (Å²) in [5.74, 6) is 0. The molecule has 0 spiro atoms. The number of aliphatic hydroxyl groups excluding tert-OH is 1. The van der Waals surface area contributed by atoms with Crippen LogP contribution in [-0.4, -0.2) is 120 Å². The normalized spacial score (nSPS) is 35.9. The van der Waals surface area contributed by atoms with E-state index in [0.717, 1.165) is 13.1 Å². The first-order valence-corrected chi connectivity index (χ1v) is 10.1. The van der Waals surface area contributed by atoms with Gasteiger partial charge < -0.3 is 24.0 Å². The zero-order valence-electron chi connectivity index (χ0n) is 15.4. The van der Waals surface area contributed by atoms with E-state index in [1.54, 1.807) is 23.4 Å². The number of nitrogens with zero attached hydrogens (tertiary/aromatic N) is 3. The smallest absolute Gasteiger partial charge is 0.345 e. The number of hydrogen-bond donors (Lipinski definition) is 1. The van der Waals surface area contributed by atoms with E-state index in [1.807, 2.05) is 22.7 Å². The molecule has 0 aromatic rings. The molecule has 5 atom stereocenters. The summed E-state index contributed by atoms with van der Waals surface area (Å²) < 4.78 is 34.4. The molecule has 2 aliphatic heterocycles. The Morgan fingerprint density at radius 1 is 1.17 bits per heavy atom. The summed E-state index contributed by atoms with van der Waals surface area (Å²) in [6.45, 7) is 2.73. The van der Waals surface area contributed by atoms with Crippen LogP contribution in [0.3, 0.4) is 0 Å². The summed E-state index contributed by atoms with van der Waals surface area (Å²) in [7, 11) is 6.32. The van der Waals surface area contributed by atoms with Crippen LogP contribution in [0.5, 0.6) is 0 Å². The maximum atomic E-state index is 13.5. The molecule has 0 saturated carbocycles. The molecule has 1 N–H and O–H groups in total. The van der Waals surface area contributed by atoms with Crippen molar-refractivity contribution >= 4 is 23.4 Å². The van der Waals surface area contributed by atoms with E-state index in [1.165, 1.54) is 0 Å². The molecule has 2 saturated heterocycles. The summed E-state index contributed by atoms with van der Waals surface area (Å²) in [5, 5.41) is 9.40. The Balaban J connectivity index is 2.03. The van der Waals surface area contributed by atoms with Crippen LogP contribution in [0.25, 0.3) is 0 Å². The van der Waals surface area contributed by atoms with E-state index in [0.29, 0.717) is 13.1 Å². The molecule has 0 aromatic heterocycles. The van der Waals surface area contributed by atoms with Gasteiger partial charge in [-0.15, -0.1) is 0 Å². The number of hydrogen-bond acceptors (Lipinski definition) is 6. The van der Waals surface area contributed by atoms with Gasteiger partial charge in [0.2, 0.25) is 0 Å².